The number of nitrogens with zero attached hydrogens (tertiary/aromatic N) is 1. The number of hydrogen-bond acceptors (Lipinski definition) is 6. The standard InChI is InChI=1S/C29H34NO6/c1-29(2,3)36-27(33)16-15-26(32)34-20-30(17-8-5-9-18-30)25-19-24(31)23-14-10-13-22(28(23)35-25)21-11-6-4-7-12-21/h4,6-7,10-14,19H,5,8-9,15-18,20H2,1-3H3/q+1. The third-order valence-electron chi connectivity index (χ3n) is 6.39. The minimum absolute atomic E-state index is 0.0401. The molecule has 2 heterocycles. The van der Waals surface area contributed by atoms with Crippen molar-refractivity contribution in [3.8, 4) is 11.1 Å². The average molecular weight is 493 g/mol. The van der Waals surface area contributed by atoms with Crippen molar-refractivity contribution in [2.24, 2.45) is 0 Å². The van der Waals surface area contributed by atoms with Gasteiger partial charge < -0.3 is 13.9 Å². The normalized spacial score (nSPS) is 15.4. The third-order valence-corrected chi connectivity index (χ3v) is 6.39. The van der Waals surface area contributed by atoms with Crippen LogP contribution in [0.15, 0.2) is 63.8 Å². The summed E-state index contributed by atoms with van der Waals surface area (Å²) in [7, 11) is 0. The lowest BCUT2D eigenvalue weighted by atomic mass is 10.0. The van der Waals surface area contributed by atoms with Crippen LogP contribution in [-0.4, -0.2) is 37.4 Å². The molecule has 7 heteroatoms. The van der Waals surface area contributed by atoms with Crippen LogP contribution < -0.4 is 9.91 Å². The van der Waals surface area contributed by atoms with Crippen molar-refractivity contribution in [1.29, 1.82) is 0 Å². The molecule has 0 spiro atoms. The second kappa shape index (κ2) is 10.7. The SMILES string of the molecule is CC(C)(C)OC(=O)CCC(=O)OC[N+]1(c2cc(=O)c3cccc(-c4ccccc4)c3o2)CCCCC1. The van der Waals surface area contributed by atoms with Crippen molar-refractivity contribution in [2.45, 2.75) is 58.5 Å². The van der Waals surface area contributed by atoms with Crippen LogP contribution in [0.3, 0.4) is 0 Å². The van der Waals surface area contributed by atoms with E-state index in [2.05, 4.69) is 0 Å². The summed E-state index contributed by atoms with van der Waals surface area (Å²) in [5.41, 5.74) is 1.61. The van der Waals surface area contributed by atoms with Crippen LogP contribution >= 0.6 is 0 Å². The molecule has 3 aromatic rings. The molecule has 1 fully saturated rings. The highest BCUT2D eigenvalue weighted by Gasteiger charge is 2.37. The van der Waals surface area contributed by atoms with Crippen molar-refractivity contribution < 1.29 is 23.5 Å². The number of ether oxygens (including phenoxy) is 2. The monoisotopic (exact) mass is 492 g/mol. The van der Waals surface area contributed by atoms with Crippen molar-refractivity contribution in [3.63, 3.8) is 0 Å². The number of quaternary nitrogens is 1. The van der Waals surface area contributed by atoms with E-state index in [1.54, 1.807) is 26.8 Å². The zero-order valence-electron chi connectivity index (χ0n) is 21.2. The smallest absolute Gasteiger partial charge is 0.310 e. The fourth-order valence-electron chi connectivity index (χ4n) is 4.64. The van der Waals surface area contributed by atoms with Crippen LogP contribution in [0.1, 0.15) is 52.9 Å². The van der Waals surface area contributed by atoms with Gasteiger partial charge in [-0.15, -0.1) is 0 Å². The highest BCUT2D eigenvalue weighted by Crippen LogP contribution is 2.34. The first-order chi connectivity index (χ1) is 17.2. The predicted molar refractivity (Wildman–Crippen MR) is 139 cm³/mol. The van der Waals surface area contributed by atoms with Crippen molar-refractivity contribution in [3.05, 3.63) is 64.8 Å². The number of fused-ring (bicyclic) bond motifs is 1. The summed E-state index contributed by atoms with van der Waals surface area (Å²) in [4.78, 5) is 37.7. The van der Waals surface area contributed by atoms with Gasteiger partial charge in [-0.05, 0) is 51.7 Å². The first-order valence-corrected chi connectivity index (χ1v) is 12.5. The van der Waals surface area contributed by atoms with Gasteiger partial charge in [-0.25, -0.2) is 4.48 Å². The number of para-hydroxylation sites is 1. The number of rotatable bonds is 7. The van der Waals surface area contributed by atoms with Gasteiger partial charge in [-0.2, -0.15) is 0 Å². The average Bonchev–Trinajstić information content (AvgIpc) is 2.86. The number of hydrogen-bond donors (Lipinski definition) is 0. The maximum absolute atomic E-state index is 13.2. The Balaban J connectivity index is 1.60. The molecule has 4 rings (SSSR count). The number of carbonyl (C=O) groups excluding carboxylic acids is 2. The van der Waals surface area contributed by atoms with Gasteiger partial charge in [0.15, 0.2) is 11.0 Å². The lowest BCUT2D eigenvalue weighted by molar-refractivity contribution is -0.159. The molecule has 0 amide bonds. The molecule has 7 nitrogen and oxygen atoms in total. The fourth-order valence-corrected chi connectivity index (χ4v) is 4.64. The van der Waals surface area contributed by atoms with Crippen LogP contribution in [-0.2, 0) is 19.1 Å². The quantitative estimate of drug-likeness (QED) is 0.317. The van der Waals surface area contributed by atoms with E-state index >= 15 is 0 Å². The van der Waals surface area contributed by atoms with Crippen molar-refractivity contribution in [1.82, 2.24) is 4.48 Å². The molecule has 0 aliphatic carbocycles. The van der Waals surface area contributed by atoms with E-state index in [-0.39, 0.29) is 29.5 Å². The molecular weight excluding hydrogens is 458 g/mol. The van der Waals surface area contributed by atoms with Gasteiger partial charge in [0.2, 0.25) is 6.73 Å². The Bertz CT molecular complexity index is 1280. The van der Waals surface area contributed by atoms with E-state index in [0.717, 1.165) is 30.4 Å². The highest BCUT2D eigenvalue weighted by atomic mass is 16.6. The van der Waals surface area contributed by atoms with Crippen LogP contribution in [0.25, 0.3) is 22.1 Å². The molecule has 0 atom stereocenters. The van der Waals surface area contributed by atoms with Gasteiger partial charge >= 0.3 is 17.8 Å². The molecule has 0 radical (unpaired) electrons. The summed E-state index contributed by atoms with van der Waals surface area (Å²) in [5, 5.41) is 0.518. The molecular formula is C29H34NO6+. The van der Waals surface area contributed by atoms with E-state index in [9.17, 15) is 14.4 Å². The molecule has 1 saturated heterocycles. The minimum atomic E-state index is -0.601. The van der Waals surface area contributed by atoms with E-state index in [0.29, 0.717) is 29.9 Å². The molecule has 0 unspecified atom stereocenters. The van der Waals surface area contributed by atoms with Crippen LogP contribution in [0, 0.1) is 0 Å². The Morgan fingerprint density at radius 2 is 1.61 bits per heavy atom. The van der Waals surface area contributed by atoms with Crippen molar-refractivity contribution in [2.75, 3.05) is 19.8 Å². The largest absolute Gasteiger partial charge is 0.460 e. The van der Waals surface area contributed by atoms with Crippen LogP contribution in [0.4, 0.5) is 5.88 Å². The molecule has 0 saturated carbocycles. The predicted octanol–water partition coefficient (Wildman–Crippen LogP) is 5.57. The molecule has 1 aliphatic heterocycles. The summed E-state index contributed by atoms with van der Waals surface area (Å²) in [5.74, 6) is -0.414. The van der Waals surface area contributed by atoms with Gasteiger partial charge in [-0.1, -0.05) is 42.5 Å². The van der Waals surface area contributed by atoms with Gasteiger partial charge in [0.25, 0.3) is 0 Å². The Morgan fingerprint density at radius 3 is 2.31 bits per heavy atom. The lowest BCUT2D eigenvalue weighted by Crippen LogP contribution is -2.54. The summed E-state index contributed by atoms with van der Waals surface area (Å²) >= 11 is 0. The molecule has 1 aliphatic rings. The molecule has 190 valence electrons. The highest BCUT2D eigenvalue weighted by molar-refractivity contribution is 5.92. The minimum Gasteiger partial charge on any atom is -0.460 e. The Hall–Kier alpha value is -3.45. The summed E-state index contributed by atoms with van der Waals surface area (Å²) < 4.78 is 17.6. The molecule has 2 aromatic carbocycles. The number of piperidine rings is 1. The molecule has 36 heavy (non-hydrogen) atoms. The molecule has 0 bridgehead atoms. The van der Waals surface area contributed by atoms with Crippen LogP contribution in [0.5, 0.6) is 0 Å². The number of carbonyl (C=O) groups is 2. The first-order valence-electron chi connectivity index (χ1n) is 12.5. The van der Waals surface area contributed by atoms with Gasteiger partial charge in [0, 0.05) is 5.56 Å². The number of esters is 2. The van der Waals surface area contributed by atoms with Crippen molar-refractivity contribution >= 4 is 28.8 Å². The molecule has 1 aromatic heterocycles. The van der Waals surface area contributed by atoms with E-state index in [1.807, 2.05) is 42.5 Å². The van der Waals surface area contributed by atoms with Gasteiger partial charge in [0.05, 0.1) is 37.4 Å². The maximum atomic E-state index is 13.2. The van der Waals surface area contributed by atoms with E-state index in [1.165, 1.54) is 6.07 Å². The zero-order chi connectivity index (χ0) is 25.8. The van der Waals surface area contributed by atoms with Crippen LogP contribution in [0.2, 0.25) is 0 Å². The summed E-state index contributed by atoms with van der Waals surface area (Å²) in [6.07, 6.45) is 2.82. The van der Waals surface area contributed by atoms with E-state index in [4.69, 9.17) is 13.9 Å². The molecule has 0 N–H and O–H groups in total. The van der Waals surface area contributed by atoms with Gasteiger partial charge in [-0.3, -0.25) is 14.4 Å². The zero-order valence-corrected chi connectivity index (χ0v) is 21.2. The lowest BCUT2D eigenvalue weighted by Gasteiger charge is -2.38. The Morgan fingerprint density at radius 1 is 0.917 bits per heavy atom. The summed E-state index contributed by atoms with van der Waals surface area (Å²) in [6.45, 7) is 6.80. The number of likely N-dealkylation sites (tertiary alicyclic amines) is 1. The van der Waals surface area contributed by atoms with Gasteiger partial charge in [0.1, 0.15) is 5.60 Å². The van der Waals surface area contributed by atoms with E-state index < -0.39 is 17.5 Å². The topological polar surface area (TPSA) is 82.8 Å². The fraction of sp³-hybridized carbons (Fsp3) is 0.414. The number of benzene rings is 2. The Labute approximate surface area is 211 Å². The Kier molecular flexibility index (Phi) is 7.59. The second-order valence-electron chi connectivity index (χ2n) is 10.4. The maximum Gasteiger partial charge on any atom is 0.310 e. The summed E-state index contributed by atoms with van der Waals surface area (Å²) in [6, 6.07) is 16.9. The first kappa shape index (κ1) is 25.6. The second-order valence-corrected chi connectivity index (χ2v) is 10.4. The third kappa shape index (κ3) is 6.02.